The van der Waals surface area contributed by atoms with E-state index in [1.54, 1.807) is 4.90 Å². The number of nitrogens with zero attached hydrogens (tertiary/aromatic N) is 1. The Morgan fingerprint density at radius 1 is 1.28 bits per heavy atom. The van der Waals surface area contributed by atoms with Gasteiger partial charge in [0.1, 0.15) is 5.75 Å². The van der Waals surface area contributed by atoms with E-state index >= 15 is 0 Å². The molecule has 0 aliphatic carbocycles. The van der Waals surface area contributed by atoms with Crippen LogP contribution in [-0.2, 0) is 4.79 Å². The van der Waals surface area contributed by atoms with Crippen LogP contribution in [-0.4, -0.2) is 18.3 Å². The van der Waals surface area contributed by atoms with Crippen molar-refractivity contribution in [3.8, 4) is 5.75 Å². The number of alkyl halides is 3. The van der Waals surface area contributed by atoms with Crippen LogP contribution in [0.4, 0.5) is 18.9 Å². The molecule has 0 spiro atoms. The van der Waals surface area contributed by atoms with E-state index in [4.69, 9.17) is 0 Å². The Hall–Kier alpha value is -1.72. The van der Waals surface area contributed by atoms with E-state index in [0.717, 1.165) is 6.42 Å². The van der Waals surface area contributed by atoms with Gasteiger partial charge < -0.3 is 9.64 Å². The maximum atomic E-state index is 12.0. The van der Waals surface area contributed by atoms with Gasteiger partial charge in [0, 0.05) is 18.2 Å². The van der Waals surface area contributed by atoms with Gasteiger partial charge in [-0.3, -0.25) is 4.79 Å². The number of hydrogen-bond acceptors (Lipinski definition) is 2. The number of anilines is 1. The third-order valence-corrected chi connectivity index (χ3v) is 2.83. The standard InChI is InChI=1S/C12H12F3NO2/c1-8-2-7-11(17)16(8)9-3-5-10(6-4-9)18-12(13,14)15/h3-6,8H,2,7H2,1H3/t8-/m1/s1. The minimum atomic E-state index is -4.70. The summed E-state index contributed by atoms with van der Waals surface area (Å²) in [6.07, 6.45) is -3.46. The summed E-state index contributed by atoms with van der Waals surface area (Å²) >= 11 is 0. The van der Waals surface area contributed by atoms with Crippen molar-refractivity contribution in [3.05, 3.63) is 24.3 Å². The number of amides is 1. The lowest BCUT2D eigenvalue weighted by molar-refractivity contribution is -0.274. The lowest BCUT2D eigenvalue weighted by atomic mass is 10.2. The molecule has 6 heteroatoms. The molecule has 0 N–H and O–H groups in total. The van der Waals surface area contributed by atoms with Crippen molar-refractivity contribution < 1.29 is 22.7 Å². The second kappa shape index (κ2) is 4.51. The van der Waals surface area contributed by atoms with Crippen molar-refractivity contribution in [3.63, 3.8) is 0 Å². The zero-order chi connectivity index (χ0) is 13.3. The first kappa shape index (κ1) is 12.7. The van der Waals surface area contributed by atoms with Gasteiger partial charge in [-0.15, -0.1) is 13.2 Å². The number of carbonyl (C=O) groups is 1. The third-order valence-electron chi connectivity index (χ3n) is 2.83. The highest BCUT2D eigenvalue weighted by Gasteiger charge is 2.32. The Kier molecular flexibility index (Phi) is 3.19. The molecule has 0 radical (unpaired) electrons. The van der Waals surface area contributed by atoms with Gasteiger partial charge in [-0.05, 0) is 37.6 Å². The molecule has 2 rings (SSSR count). The van der Waals surface area contributed by atoms with Gasteiger partial charge in [0.2, 0.25) is 5.91 Å². The predicted molar refractivity (Wildman–Crippen MR) is 59.3 cm³/mol. The average Bonchev–Trinajstić information content (AvgIpc) is 2.58. The zero-order valence-corrected chi connectivity index (χ0v) is 9.70. The quantitative estimate of drug-likeness (QED) is 0.816. The van der Waals surface area contributed by atoms with Crippen LogP contribution < -0.4 is 9.64 Å². The average molecular weight is 259 g/mol. The van der Waals surface area contributed by atoms with E-state index in [9.17, 15) is 18.0 Å². The van der Waals surface area contributed by atoms with Crippen molar-refractivity contribution in [1.82, 2.24) is 0 Å². The molecular weight excluding hydrogens is 247 g/mol. The van der Waals surface area contributed by atoms with Crippen molar-refractivity contribution in [2.75, 3.05) is 4.90 Å². The van der Waals surface area contributed by atoms with E-state index in [-0.39, 0.29) is 17.7 Å². The monoisotopic (exact) mass is 259 g/mol. The van der Waals surface area contributed by atoms with Crippen molar-refractivity contribution >= 4 is 11.6 Å². The lowest BCUT2D eigenvalue weighted by Gasteiger charge is -2.22. The molecule has 0 saturated carbocycles. The highest BCUT2D eigenvalue weighted by Crippen LogP contribution is 2.29. The molecule has 18 heavy (non-hydrogen) atoms. The first-order chi connectivity index (χ1) is 8.37. The molecule has 1 amide bonds. The molecular formula is C12H12F3NO2. The number of halogens is 3. The second-order valence-electron chi connectivity index (χ2n) is 4.19. The topological polar surface area (TPSA) is 29.5 Å². The predicted octanol–water partition coefficient (Wildman–Crippen LogP) is 3.10. The van der Waals surface area contributed by atoms with Crippen LogP contribution in [0.3, 0.4) is 0 Å². The molecule has 1 heterocycles. The maximum Gasteiger partial charge on any atom is 0.573 e. The Morgan fingerprint density at radius 3 is 2.33 bits per heavy atom. The SMILES string of the molecule is C[C@@H]1CCC(=O)N1c1ccc(OC(F)(F)F)cc1. The molecule has 1 aliphatic rings. The third kappa shape index (κ3) is 2.75. The number of benzene rings is 1. The highest BCUT2D eigenvalue weighted by atomic mass is 19.4. The van der Waals surface area contributed by atoms with E-state index in [1.807, 2.05) is 6.92 Å². The molecule has 3 nitrogen and oxygen atoms in total. The molecule has 1 atom stereocenters. The Bertz CT molecular complexity index is 442. The highest BCUT2D eigenvalue weighted by molar-refractivity contribution is 5.96. The summed E-state index contributed by atoms with van der Waals surface area (Å²) < 4.78 is 39.7. The Labute approximate surface area is 102 Å². The molecule has 1 aliphatic heterocycles. The van der Waals surface area contributed by atoms with Gasteiger partial charge in [-0.1, -0.05) is 0 Å². The fourth-order valence-corrected chi connectivity index (χ4v) is 2.03. The van der Waals surface area contributed by atoms with Gasteiger partial charge in [0.25, 0.3) is 0 Å². The van der Waals surface area contributed by atoms with E-state index in [0.29, 0.717) is 12.1 Å². The van der Waals surface area contributed by atoms with Crippen molar-refractivity contribution in [2.45, 2.75) is 32.2 Å². The van der Waals surface area contributed by atoms with E-state index < -0.39 is 6.36 Å². The molecule has 0 bridgehead atoms. The van der Waals surface area contributed by atoms with Gasteiger partial charge in [0.05, 0.1) is 0 Å². The number of carbonyl (C=O) groups excluding carboxylic acids is 1. The fourth-order valence-electron chi connectivity index (χ4n) is 2.03. The number of rotatable bonds is 2. The zero-order valence-electron chi connectivity index (χ0n) is 9.70. The normalized spacial score (nSPS) is 20.3. The summed E-state index contributed by atoms with van der Waals surface area (Å²) in [6.45, 7) is 1.91. The first-order valence-corrected chi connectivity index (χ1v) is 5.55. The van der Waals surface area contributed by atoms with Gasteiger partial charge in [-0.2, -0.15) is 0 Å². The maximum absolute atomic E-state index is 12.0. The van der Waals surface area contributed by atoms with Gasteiger partial charge in [-0.25, -0.2) is 0 Å². The Morgan fingerprint density at radius 2 is 1.89 bits per heavy atom. The largest absolute Gasteiger partial charge is 0.573 e. The lowest BCUT2D eigenvalue weighted by Crippen LogP contribution is -2.30. The minimum absolute atomic E-state index is 0.00742. The van der Waals surface area contributed by atoms with E-state index in [1.165, 1.54) is 24.3 Å². The summed E-state index contributed by atoms with van der Waals surface area (Å²) in [5, 5.41) is 0. The molecule has 1 aromatic carbocycles. The summed E-state index contributed by atoms with van der Waals surface area (Å²) in [5.74, 6) is -0.294. The summed E-state index contributed by atoms with van der Waals surface area (Å²) in [7, 11) is 0. The molecule has 0 unspecified atom stereocenters. The Balaban J connectivity index is 2.15. The molecule has 98 valence electrons. The summed E-state index contributed by atoms with van der Waals surface area (Å²) in [4.78, 5) is 13.2. The number of ether oxygens (including phenoxy) is 1. The van der Waals surface area contributed by atoms with Crippen LogP contribution in [0.25, 0.3) is 0 Å². The van der Waals surface area contributed by atoms with Gasteiger partial charge >= 0.3 is 6.36 Å². The van der Waals surface area contributed by atoms with Gasteiger partial charge in [0.15, 0.2) is 0 Å². The second-order valence-corrected chi connectivity index (χ2v) is 4.19. The molecule has 1 saturated heterocycles. The van der Waals surface area contributed by atoms with Crippen LogP contribution in [0.2, 0.25) is 0 Å². The smallest absolute Gasteiger partial charge is 0.406 e. The summed E-state index contributed by atoms with van der Waals surface area (Å²) in [6, 6.07) is 5.41. The van der Waals surface area contributed by atoms with Crippen LogP contribution in [0.5, 0.6) is 5.75 Å². The molecule has 1 aromatic rings. The first-order valence-electron chi connectivity index (χ1n) is 5.55. The van der Waals surface area contributed by atoms with Crippen LogP contribution in [0, 0.1) is 0 Å². The molecule has 1 fully saturated rings. The number of hydrogen-bond donors (Lipinski definition) is 0. The van der Waals surface area contributed by atoms with Crippen LogP contribution >= 0.6 is 0 Å². The van der Waals surface area contributed by atoms with Crippen LogP contribution in [0.15, 0.2) is 24.3 Å². The molecule has 0 aromatic heterocycles. The van der Waals surface area contributed by atoms with Crippen molar-refractivity contribution in [1.29, 1.82) is 0 Å². The van der Waals surface area contributed by atoms with Crippen molar-refractivity contribution in [2.24, 2.45) is 0 Å². The van der Waals surface area contributed by atoms with Crippen LogP contribution in [0.1, 0.15) is 19.8 Å². The minimum Gasteiger partial charge on any atom is -0.406 e. The van der Waals surface area contributed by atoms with E-state index in [2.05, 4.69) is 4.74 Å². The fraction of sp³-hybridized carbons (Fsp3) is 0.417. The summed E-state index contributed by atoms with van der Waals surface area (Å²) in [5.41, 5.74) is 0.597.